The summed E-state index contributed by atoms with van der Waals surface area (Å²) >= 11 is 5.84. The number of ketones is 1. The summed E-state index contributed by atoms with van der Waals surface area (Å²) in [7, 11) is 2.93. The number of rotatable bonds is 3. The quantitative estimate of drug-likeness (QED) is 0.674. The summed E-state index contributed by atoms with van der Waals surface area (Å²) in [6.07, 6.45) is 1.41. The summed E-state index contributed by atoms with van der Waals surface area (Å²) in [5.41, 5.74) is -0.000509. The van der Waals surface area contributed by atoms with Crippen LogP contribution in [-0.4, -0.2) is 24.5 Å². The summed E-state index contributed by atoms with van der Waals surface area (Å²) < 4.78 is 3.78. The fourth-order valence-corrected chi connectivity index (χ4v) is 2.77. The minimum absolute atomic E-state index is 0.179. The average Bonchev–Trinajstić information content (AvgIpc) is 3.02. The Morgan fingerprint density at radius 2 is 1.75 bits per heavy atom. The smallest absolute Gasteiger partial charge is 0.314 e. The Bertz CT molecular complexity index is 1060. The van der Waals surface area contributed by atoms with Gasteiger partial charge in [-0.1, -0.05) is 11.6 Å². The Kier molecular flexibility index (Phi) is 3.88. The Labute approximate surface area is 141 Å². The van der Waals surface area contributed by atoms with Crippen LogP contribution >= 0.6 is 11.6 Å². The Hall–Kier alpha value is -2.67. The normalized spacial score (nSPS) is 12.5. The lowest BCUT2D eigenvalue weighted by Gasteiger charge is -2.14. The van der Waals surface area contributed by atoms with Crippen LogP contribution in [0.25, 0.3) is 11.2 Å². The van der Waals surface area contributed by atoms with Gasteiger partial charge >= 0.3 is 5.69 Å². The molecule has 24 heavy (non-hydrogen) atoms. The molecule has 3 rings (SSSR count). The van der Waals surface area contributed by atoms with Gasteiger partial charge in [-0.15, -0.1) is 0 Å². The van der Waals surface area contributed by atoms with Crippen LogP contribution in [0.5, 0.6) is 0 Å². The van der Waals surface area contributed by atoms with Gasteiger partial charge in [0.1, 0.15) is 0 Å². The highest BCUT2D eigenvalue weighted by atomic mass is 35.5. The minimum atomic E-state index is -0.652. The summed E-state index contributed by atoms with van der Waals surface area (Å²) in [4.78, 5) is 41.2. The number of Topliss-reactive ketones (excluding diaryl/α,β-unsaturated/α-hetero) is 1. The zero-order valence-electron chi connectivity index (χ0n) is 13.4. The second kappa shape index (κ2) is 5.76. The van der Waals surface area contributed by atoms with Crippen LogP contribution < -0.4 is 11.2 Å². The first-order valence-electron chi connectivity index (χ1n) is 7.25. The van der Waals surface area contributed by atoms with Crippen molar-refractivity contribution in [1.82, 2.24) is 18.7 Å². The first kappa shape index (κ1) is 16.2. The molecule has 3 aromatic rings. The molecule has 0 spiro atoms. The average molecular weight is 347 g/mol. The molecule has 0 aliphatic heterocycles. The molecule has 0 saturated heterocycles. The van der Waals surface area contributed by atoms with Crippen LogP contribution in [0.2, 0.25) is 5.02 Å². The molecule has 1 aromatic carbocycles. The highest BCUT2D eigenvalue weighted by molar-refractivity contribution is 6.30. The van der Waals surface area contributed by atoms with Gasteiger partial charge in [-0.25, -0.2) is 9.78 Å². The van der Waals surface area contributed by atoms with E-state index in [1.807, 2.05) is 0 Å². The van der Waals surface area contributed by atoms with Crippen molar-refractivity contribution in [3.05, 3.63) is 62.0 Å². The Balaban J connectivity index is 2.16. The zero-order valence-corrected chi connectivity index (χ0v) is 14.1. The fraction of sp³-hybridized carbons (Fsp3) is 0.250. The van der Waals surface area contributed by atoms with E-state index in [0.29, 0.717) is 10.6 Å². The van der Waals surface area contributed by atoms with E-state index in [9.17, 15) is 14.4 Å². The molecule has 1 atom stereocenters. The monoisotopic (exact) mass is 346 g/mol. The van der Waals surface area contributed by atoms with Crippen molar-refractivity contribution < 1.29 is 4.79 Å². The van der Waals surface area contributed by atoms with Crippen molar-refractivity contribution in [2.24, 2.45) is 14.1 Å². The predicted molar refractivity (Wildman–Crippen MR) is 90.7 cm³/mol. The molecule has 0 unspecified atom stereocenters. The van der Waals surface area contributed by atoms with Gasteiger partial charge in [0, 0.05) is 24.7 Å². The highest BCUT2D eigenvalue weighted by Gasteiger charge is 2.22. The largest absolute Gasteiger partial charge is 0.332 e. The van der Waals surface area contributed by atoms with Crippen LogP contribution in [0.1, 0.15) is 23.3 Å². The van der Waals surface area contributed by atoms with Crippen LogP contribution in [-0.2, 0) is 14.1 Å². The third-order valence-corrected chi connectivity index (χ3v) is 4.35. The Morgan fingerprint density at radius 1 is 1.12 bits per heavy atom. The maximum atomic E-state index is 12.7. The number of imidazole rings is 1. The molecule has 2 heterocycles. The van der Waals surface area contributed by atoms with E-state index in [4.69, 9.17) is 11.6 Å². The molecule has 0 bridgehead atoms. The summed E-state index contributed by atoms with van der Waals surface area (Å²) in [6.45, 7) is 1.68. The topological polar surface area (TPSA) is 78.9 Å². The van der Waals surface area contributed by atoms with Gasteiger partial charge in [0.25, 0.3) is 5.56 Å². The summed E-state index contributed by atoms with van der Waals surface area (Å²) in [6, 6.07) is 5.89. The second-order valence-electron chi connectivity index (χ2n) is 5.58. The third-order valence-electron chi connectivity index (χ3n) is 4.10. The number of fused-ring (bicyclic) bond motifs is 1. The number of hydrogen-bond acceptors (Lipinski definition) is 4. The maximum Gasteiger partial charge on any atom is 0.332 e. The summed E-state index contributed by atoms with van der Waals surface area (Å²) in [5, 5.41) is 0.538. The lowest BCUT2D eigenvalue weighted by molar-refractivity contribution is 0.0937. The molecular weight excluding hydrogens is 332 g/mol. The lowest BCUT2D eigenvalue weighted by Crippen LogP contribution is -2.38. The number of halogens is 1. The van der Waals surface area contributed by atoms with Crippen LogP contribution in [0.15, 0.2) is 40.2 Å². The number of hydrogen-bond donors (Lipinski definition) is 0. The number of aryl methyl sites for hydroxylation is 1. The van der Waals surface area contributed by atoms with Gasteiger partial charge < -0.3 is 4.57 Å². The van der Waals surface area contributed by atoms with Crippen molar-refractivity contribution in [3.63, 3.8) is 0 Å². The number of carbonyl (C=O) groups excluding carboxylic acids is 1. The molecule has 7 nitrogen and oxygen atoms in total. The van der Waals surface area contributed by atoms with Crippen molar-refractivity contribution in [3.8, 4) is 0 Å². The van der Waals surface area contributed by atoms with Crippen molar-refractivity contribution in [2.75, 3.05) is 0 Å². The standard InChI is InChI=1S/C16H15ClN4O3/c1-9(13(22)10-4-6-11(17)7-5-10)21-8-18-14-12(21)15(23)20(3)16(24)19(14)2/h4-9H,1-3H3/t9-/m0/s1. The van der Waals surface area contributed by atoms with Crippen molar-refractivity contribution in [2.45, 2.75) is 13.0 Å². The zero-order chi connectivity index (χ0) is 17.6. The van der Waals surface area contributed by atoms with Crippen LogP contribution in [0.3, 0.4) is 0 Å². The van der Waals surface area contributed by atoms with E-state index >= 15 is 0 Å². The van der Waals surface area contributed by atoms with Crippen molar-refractivity contribution >= 4 is 28.5 Å². The summed E-state index contributed by atoms with van der Waals surface area (Å²) in [5.74, 6) is -0.179. The van der Waals surface area contributed by atoms with Gasteiger partial charge in [0.15, 0.2) is 16.9 Å². The molecule has 0 aliphatic carbocycles. The van der Waals surface area contributed by atoms with E-state index < -0.39 is 17.3 Å². The van der Waals surface area contributed by atoms with E-state index in [2.05, 4.69) is 4.98 Å². The number of carbonyl (C=O) groups is 1. The Morgan fingerprint density at radius 3 is 2.38 bits per heavy atom. The van der Waals surface area contributed by atoms with Crippen LogP contribution in [0.4, 0.5) is 0 Å². The molecule has 0 aliphatic rings. The van der Waals surface area contributed by atoms with E-state index in [0.717, 1.165) is 4.57 Å². The predicted octanol–water partition coefficient (Wildman–Crippen LogP) is 1.53. The fourth-order valence-electron chi connectivity index (χ4n) is 2.64. The second-order valence-corrected chi connectivity index (χ2v) is 6.01. The minimum Gasteiger partial charge on any atom is -0.314 e. The van der Waals surface area contributed by atoms with E-state index in [-0.39, 0.29) is 16.9 Å². The van der Waals surface area contributed by atoms with Gasteiger partial charge in [0.2, 0.25) is 0 Å². The molecular formula is C16H15ClN4O3. The third kappa shape index (κ3) is 2.37. The molecule has 0 radical (unpaired) electrons. The molecule has 124 valence electrons. The number of nitrogens with zero attached hydrogens (tertiary/aromatic N) is 4. The lowest BCUT2D eigenvalue weighted by atomic mass is 10.1. The molecule has 0 saturated carbocycles. The van der Waals surface area contributed by atoms with Gasteiger partial charge in [0.05, 0.1) is 12.4 Å². The molecule has 0 amide bonds. The number of benzene rings is 1. The van der Waals surface area contributed by atoms with Crippen molar-refractivity contribution in [1.29, 1.82) is 0 Å². The van der Waals surface area contributed by atoms with E-state index in [1.54, 1.807) is 31.2 Å². The van der Waals surface area contributed by atoms with Gasteiger partial charge in [-0.05, 0) is 31.2 Å². The molecule has 2 aromatic heterocycles. The van der Waals surface area contributed by atoms with Gasteiger partial charge in [-0.3, -0.25) is 18.7 Å². The highest BCUT2D eigenvalue weighted by Crippen LogP contribution is 2.19. The van der Waals surface area contributed by atoms with E-state index in [1.165, 1.54) is 29.6 Å². The van der Waals surface area contributed by atoms with Gasteiger partial charge in [-0.2, -0.15) is 0 Å². The molecule has 0 fully saturated rings. The first-order valence-corrected chi connectivity index (χ1v) is 7.63. The SMILES string of the molecule is C[C@@H](C(=O)c1ccc(Cl)cc1)n1cnc2c1c(=O)n(C)c(=O)n2C. The maximum absolute atomic E-state index is 12.7. The first-order chi connectivity index (χ1) is 11.3. The molecule has 0 N–H and O–H groups in total. The number of aromatic nitrogens is 4. The molecule has 8 heteroatoms. The van der Waals surface area contributed by atoms with Crippen LogP contribution in [0, 0.1) is 0 Å².